The number of benzene rings is 3. The number of carbonyl (C=O) groups excluding carboxylic acids is 1. The molecule has 1 aliphatic carbocycles. The minimum absolute atomic E-state index is 0.0119. The van der Waals surface area contributed by atoms with Crippen LogP contribution in [0.2, 0.25) is 5.02 Å². The second kappa shape index (κ2) is 7.10. The summed E-state index contributed by atoms with van der Waals surface area (Å²) in [5.41, 5.74) is 2.02. The highest BCUT2D eigenvalue weighted by Crippen LogP contribution is 2.48. The van der Waals surface area contributed by atoms with E-state index in [-0.39, 0.29) is 24.3 Å². The van der Waals surface area contributed by atoms with Gasteiger partial charge in [-0.15, -0.1) is 0 Å². The van der Waals surface area contributed by atoms with Gasteiger partial charge in [-0.05, 0) is 52.4 Å². The van der Waals surface area contributed by atoms with E-state index in [0.29, 0.717) is 5.02 Å². The molecule has 3 atom stereocenters. The summed E-state index contributed by atoms with van der Waals surface area (Å²) in [4.78, 5) is 12.6. The molecule has 0 aliphatic heterocycles. The number of halogens is 1. The molecule has 1 saturated carbocycles. The van der Waals surface area contributed by atoms with Crippen molar-refractivity contribution in [3.8, 4) is 0 Å². The Bertz CT molecular complexity index is 956. The molecule has 4 rings (SSSR count). The Balaban J connectivity index is 1.47. The zero-order valence-corrected chi connectivity index (χ0v) is 15.0. The summed E-state index contributed by atoms with van der Waals surface area (Å²) < 4.78 is 0. The molecule has 2 unspecified atom stereocenters. The highest BCUT2D eigenvalue weighted by molar-refractivity contribution is 6.30. The van der Waals surface area contributed by atoms with Gasteiger partial charge in [0, 0.05) is 10.9 Å². The molecule has 0 heterocycles. The van der Waals surface area contributed by atoms with Crippen LogP contribution in [0.1, 0.15) is 29.5 Å². The molecule has 3 aromatic carbocycles. The van der Waals surface area contributed by atoms with E-state index >= 15 is 0 Å². The standard InChI is InChI=1S/C22H20ClNO2/c23-18-7-3-6-16(11-18)19-12-20(19)22(26)24-21(13-25)17-9-8-14-4-1-2-5-15(14)10-17/h1-11,19-21,25H,12-13H2,(H,24,26)/t19?,20?,21-/m0/s1. The fourth-order valence-electron chi connectivity index (χ4n) is 3.53. The molecule has 0 radical (unpaired) electrons. The van der Waals surface area contributed by atoms with Gasteiger partial charge < -0.3 is 10.4 Å². The lowest BCUT2D eigenvalue weighted by molar-refractivity contribution is -0.123. The smallest absolute Gasteiger partial charge is 0.224 e. The van der Waals surface area contributed by atoms with E-state index in [4.69, 9.17) is 11.6 Å². The van der Waals surface area contributed by atoms with Crippen LogP contribution in [0, 0.1) is 5.92 Å². The van der Waals surface area contributed by atoms with Crippen molar-refractivity contribution in [2.45, 2.75) is 18.4 Å². The van der Waals surface area contributed by atoms with Crippen molar-refractivity contribution in [2.24, 2.45) is 5.92 Å². The van der Waals surface area contributed by atoms with E-state index in [0.717, 1.165) is 28.3 Å². The van der Waals surface area contributed by atoms with Crippen molar-refractivity contribution >= 4 is 28.3 Å². The molecule has 3 aromatic rings. The second-order valence-corrected chi connectivity index (χ2v) is 7.29. The minimum Gasteiger partial charge on any atom is -0.394 e. The van der Waals surface area contributed by atoms with Crippen LogP contribution in [-0.2, 0) is 4.79 Å². The van der Waals surface area contributed by atoms with Gasteiger partial charge in [0.15, 0.2) is 0 Å². The Morgan fingerprint density at radius 3 is 2.65 bits per heavy atom. The topological polar surface area (TPSA) is 49.3 Å². The number of carbonyl (C=O) groups is 1. The molecule has 3 nitrogen and oxygen atoms in total. The highest BCUT2D eigenvalue weighted by Gasteiger charge is 2.44. The molecule has 0 spiro atoms. The monoisotopic (exact) mass is 365 g/mol. The molecule has 0 bridgehead atoms. The SMILES string of the molecule is O=C(N[C@@H](CO)c1ccc2ccccc2c1)C1CC1c1cccc(Cl)c1. The van der Waals surface area contributed by atoms with E-state index in [1.165, 1.54) is 0 Å². The molecule has 0 saturated heterocycles. The van der Waals surface area contributed by atoms with E-state index in [2.05, 4.69) is 5.32 Å². The van der Waals surface area contributed by atoms with Gasteiger partial charge in [0.05, 0.1) is 12.6 Å². The van der Waals surface area contributed by atoms with E-state index in [1.54, 1.807) is 0 Å². The minimum atomic E-state index is -0.396. The van der Waals surface area contributed by atoms with Crippen molar-refractivity contribution in [1.29, 1.82) is 0 Å². The summed E-state index contributed by atoms with van der Waals surface area (Å²) in [5.74, 6) is 0.148. The molecule has 0 aromatic heterocycles. The fourth-order valence-corrected chi connectivity index (χ4v) is 3.73. The highest BCUT2D eigenvalue weighted by atomic mass is 35.5. The summed E-state index contributed by atoms with van der Waals surface area (Å²) in [7, 11) is 0. The first-order valence-corrected chi connectivity index (χ1v) is 9.19. The summed E-state index contributed by atoms with van der Waals surface area (Å²) in [6.45, 7) is -0.126. The number of hydrogen-bond donors (Lipinski definition) is 2. The van der Waals surface area contributed by atoms with Crippen molar-refractivity contribution < 1.29 is 9.90 Å². The van der Waals surface area contributed by atoms with Gasteiger partial charge in [-0.2, -0.15) is 0 Å². The van der Waals surface area contributed by atoms with Crippen LogP contribution in [0.25, 0.3) is 10.8 Å². The zero-order chi connectivity index (χ0) is 18.1. The number of aliphatic hydroxyl groups is 1. The van der Waals surface area contributed by atoms with Gasteiger partial charge in [0.1, 0.15) is 0 Å². The summed E-state index contributed by atoms with van der Waals surface area (Å²) >= 11 is 6.04. The molecule has 1 aliphatic rings. The third-order valence-electron chi connectivity index (χ3n) is 5.08. The quantitative estimate of drug-likeness (QED) is 0.702. The number of amides is 1. The normalized spacial score (nSPS) is 19.9. The Kier molecular flexibility index (Phi) is 4.66. The van der Waals surface area contributed by atoms with Crippen molar-refractivity contribution in [1.82, 2.24) is 5.32 Å². The predicted octanol–water partition coefficient (Wildman–Crippen LogP) is 4.45. The lowest BCUT2D eigenvalue weighted by Gasteiger charge is -2.17. The van der Waals surface area contributed by atoms with Gasteiger partial charge >= 0.3 is 0 Å². The first-order valence-electron chi connectivity index (χ1n) is 8.81. The number of nitrogens with one attached hydrogen (secondary N) is 1. The summed E-state index contributed by atoms with van der Waals surface area (Å²) in [5, 5.41) is 15.7. The number of rotatable bonds is 5. The maximum atomic E-state index is 12.6. The number of hydrogen-bond acceptors (Lipinski definition) is 2. The molecule has 132 valence electrons. The predicted molar refractivity (Wildman–Crippen MR) is 104 cm³/mol. The summed E-state index contributed by atoms with van der Waals surface area (Å²) in [6, 6.07) is 21.4. The lowest BCUT2D eigenvalue weighted by Crippen LogP contribution is -2.32. The molecular formula is C22H20ClNO2. The third kappa shape index (κ3) is 3.46. The first kappa shape index (κ1) is 17.1. The Hall–Kier alpha value is -2.36. The zero-order valence-electron chi connectivity index (χ0n) is 14.2. The van der Waals surface area contributed by atoms with Crippen LogP contribution in [0.5, 0.6) is 0 Å². The van der Waals surface area contributed by atoms with Gasteiger partial charge in [0.2, 0.25) is 5.91 Å². The van der Waals surface area contributed by atoms with E-state index in [1.807, 2.05) is 66.7 Å². The van der Waals surface area contributed by atoms with Gasteiger partial charge in [-0.3, -0.25) is 4.79 Å². The summed E-state index contributed by atoms with van der Waals surface area (Å²) in [6.07, 6.45) is 0.821. The first-order chi connectivity index (χ1) is 12.7. The number of fused-ring (bicyclic) bond motifs is 1. The molecule has 2 N–H and O–H groups in total. The van der Waals surface area contributed by atoms with Crippen LogP contribution in [-0.4, -0.2) is 17.6 Å². The largest absolute Gasteiger partial charge is 0.394 e. The molecule has 26 heavy (non-hydrogen) atoms. The van der Waals surface area contributed by atoms with Crippen LogP contribution < -0.4 is 5.32 Å². The maximum absolute atomic E-state index is 12.6. The molecule has 1 fully saturated rings. The maximum Gasteiger partial charge on any atom is 0.224 e. The average Bonchev–Trinajstić information content (AvgIpc) is 3.46. The van der Waals surface area contributed by atoms with Crippen molar-refractivity contribution in [3.63, 3.8) is 0 Å². The lowest BCUT2D eigenvalue weighted by atomic mass is 10.0. The number of aliphatic hydroxyl groups excluding tert-OH is 1. The van der Waals surface area contributed by atoms with E-state index in [9.17, 15) is 9.90 Å². The van der Waals surface area contributed by atoms with Crippen molar-refractivity contribution in [3.05, 3.63) is 82.9 Å². The average molecular weight is 366 g/mol. The van der Waals surface area contributed by atoms with Crippen LogP contribution in [0.4, 0.5) is 0 Å². The van der Waals surface area contributed by atoms with Gasteiger partial charge in [-0.1, -0.05) is 60.1 Å². The van der Waals surface area contributed by atoms with Crippen LogP contribution >= 0.6 is 11.6 Å². The van der Waals surface area contributed by atoms with Crippen LogP contribution in [0.15, 0.2) is 66.7 Å². The molecule has 4 heteroatoms. The Morgan fingerprint density at radius 1 is 1.08 bits per heavy atom. The van der Waals surface area contributed by atoms with Gasteiger partial charge in [0.25, 0.3) is 0 Å². The second-order valence-electron chi connectivity index (χ2n) is 6.85. The van der Waals surface area contributed by atoms with E-state index < -0.39 is 6.04 Å². The molecule has 1 amide bonds. The fraction of sp³-hybridized carbons (Fsp3) is 0.227. The Labute approximate surface area is 157 Å². The van der Waals surface area contributed by atoms with Crippen molar-refractivity contribution in [2.75, 3.05) is 6.61 Å². The van der Waals surface area contributed by atoms with Gasteiger partial charge in [-0.25, -0.2) is 0 Å². The van der Waals surface area contributed by atoms with Crippen LogP contribution in [0.3, 0.4) is 0 Å². The molecular weight excluding hydrogens is 346 g/mol. The Morgan fingerprint density at radius 2 is 1.88 bits per heavy atom. The third-order valence-corrected chi connectivity index (χ3v) is 5.31.